The Balaban J connectivity index is 1.39. The Hall–Kier alpha value is -3.13. The molecule has 9 heteroatoms. The number of hydrazone groups is 1. The van der Waals surface area contributed by atoms with Crippen LogP contribution in [0.3, 0.4) is 0 Å². The summed E-state index contributed by atoms with van der Waals surface area (Å²) in [7, 11) is 0. The highest BCUT2D eigenvalue weighted by Gasteiger charge is 2.42. The minimum absolute atomic E-state index is 0.0164. The van der Waals surface area contributed by atoms with Gasteiger partial charge in [0.05, 0.1) is 17.4 Å². The number of carbonyl (C=O) groups excluding carboxylic acids is 2. The number of nitrogens with zero attached hydrogens (tertiary/aromatic N) is 3. The minimum atomic E-state index is -0.704. The van der Waals surface area contributed by atoms with Crippen LogP contribution in [0, 0.1) is 12.3 Å². The van der Waals surface area contributed by atoms with E-state index < -0.39 is 5.25 Å². The molecular weight excluding hydrogens is 515 g/mol. The number of thioether (sulfide) groups is 1. The van der Waals surface area contributed by atoms with Gasteiger partial charge in [-0.1, -0.05) is 76.9 Å². The summed E-state index contributed by atoms with van der Waals surface area (Å²) in [6.45, 7) is 2.03. The number of carbonyl (C=O) groups is 2. The zero-order valence-corrected chi connectivity index (χ0v) is 21.6. The van der Waals surface area contributed by atoms with Crippen molar-refractivity contribution in [2.45, 2.75) is 31.1 Å². The number of nitrogens with one attached hydrogen (secondary N) is 1. The van der Waals surface area contributed by atoms with Crippen molar-refractivity contribution in [3.05, 3.63) is 99.5 Å². The summed E-state index contributed by atoms with van der Waals surface area (Å²) in [5.41, 5.74) is 4.44. The van der Waals surface area contributed by atoms with Crippen molar-refractivity contribution in [2.75, 3.05) is 4.90 Å². The first-order valence-corrected chi connectivity index (χ1v) is 13.0. The van der Waals surface area contributed by atoms with E-state index in [0.717, 1.165) is 34.2 Å². The number of hydrogen-bond donors (Lipinski definition) is 1. The Kier molecular flexibility index (Phi) is 6.88. The van der Waals surface area contributed by atoms with Gasteiger partial charge >= 0.3 is 0 Å². The smallest absolute Gasteiger partial charge is 0.247 e. The van der Waals surface area contributed by atoms with Crippen LogP contribution in [0.25, 0.3) is 0 Å². The molecule has 2 aliphatic rings. The second-order valence-electron chi connectivity index (χ2n) is 8.69. The Morgan fingerprint density at radius 3 is 2.17 bits per heavy atom. The number of anilines is 1. The Morgan fingerprint density at radius 1 is 0.917 bits per heavy atom. The van der Waals surface area contributed by atoms with E-state index in [4.69, 9.17) is 33.7 Å². The first kappa shape index (κ1) is 24.6. The average molecular weight is 537 g/mol. The molecule has 5 rings (SSSR count). The Labute approximate surface area is 223 Å². The standard InChI is InChI=1S/C27H22Cl2N4O2S/c1-16-2-4-17(5-3-16)22-14-23(18-6-8-19(28)9-7-18)33(31-22)27(30)36-24-15-25(34)32(26(24)35)21-12-10-20(29)11-13-21/h2-13,23-24,30H,14-15H2,1H3/t23-,24+/m0/s1. The first-order valence-electron chi connectivity index (χ1n) is 11.4. The molecule has 2 atom stereocenters. The number of imide groups is 1. The summed E-state index contributed by atoms with van der Waals surface area (Å²) in [5, 5.41) is 15.9. The molecule has 0 bridgehead atoms. The van der Waals surface area contributed by atoms with Crippen molar-refractivity contribution in [1.29, 1.82) is 5.41 Å². The molecule has 1 fully saturated rings. The van der Waals surface area contributed by atoms with Crippen molar-refractivity contribution >= 4 is 63.3 Å². The van der Waals surface area contributed by atoms with Crippen LogP contribution in [0.15, 0.2) is 77.9 Å². The van der Waals surface area contributed by atoms with Crippen molar-refractivity contribution in [3.8, 4) is 0 Å². The van der Waals surface area contributed by atoms with Crippen LogP contribution in [0.2, 0.25) is 10.0 Å². The zero-order valence-electron chi connectivity index (χ0n) is 19.3. The lowest BCUT2D eigenvalue weighted by molar-refractivity contribution is -0.121. The molecule has 6 nitrogen and oxygen atoms in total. The lowest BCUT2D eigenvalue weighted by Crippen LogP contribution is -2.32. The number of halogens is 2. The van der Waals surface area contributed by atoms with E-state index in [9.17, 15) is 9.59 Å². The monoisotopic (exact) mass is 536 g/mol. The van der Waals surface area contributed by atoms with E-state index in [-0.39, 0.29) is 29.4 Å². The molecule has 1 N–H and O–H groups in total. The summed E-state index contributed by atoms with van der Waals surface area (Å²) in [6.07, 6.45) is 0.616. The molecule has 3 aromatic rings. The van der Waals surface area contributed by atoms with E-state index in [0.29, 0.717) is 22.2 Å². The summed E-state index contributed by atoms with van der Waals surface area (Å²) in [6, 6.07) is 22.0. The Morgan fingerprint density at radius 2 is 1.53 bits per heavy atom. The molecule has 2 heterocycles. The molecule has 0 unspecified atom stereocenters. The number of amidine groups is 1. The third-order valence-electron chi connectivity index (χ3n) is 6.20. The normalized spacial score (nSPS) is 19.7. The van der Waals surface area contributed by atoms with Gasteiger partial charge in [-0.25, -0.2) is 9.91 Å². The van der Waals surface area contributed by atoms with Gasteiger partial charge in [-0.15, -0.1) is 0 Å². The topological polar surface area (TPSA) is 76.8 Å². The first-order chi connectivity index (χ1) is 17.3. The fraction of sp³-hybridized carbons (Fsp3) is 0.185. The summed E-state index contributed by atoms with van der Waals surface area (Å²) < 4.78 is 0. The Bertz CT molecular complexity index is 1360. The quantitative estimate of drug-likeness (QED) is 0.236. The average Bonchev–Trinajstić information content (AvgIpc) is 3.42. The molecule has 3 aromatic carbocycles. The third kappa shape index (κ3) is 4.91. The van der Waals surface area contributed by atoms with Gasteiger partial charge in [0.1, 0.15) is 5.25 Å². The molecule has 0 saturated carbocycles. The van der Waals surface area contributed by atoms with Gasteiger partial charge in [0.15, 0.2) is 5.17 Å². The van der Waals surface area contributed by atoms with E-state index in [1.54, 1.807) is 29.3 Å². The highest BCUT2D eigenvalue weighted by molar-refractivity contribution is 8.14. The van der Waals surface area contributed by atoms with Crippen LogP contribution in [0.4, 0.5) is 5.69 Å². The lowest BCUT2D eigenvalue weighted by Gasteiger charge is -2.24. The van der Waals surface area contributed by atoms with E-state index in [1.807, 2.05) is 55.5 Å². The van der Waals surface area contributed by atoms with Gasteiger partial charge < -0.3 is 0 Å². The molecule has 0 spiro atoms. The number of benzene rings is 3. The van der Waals surface area contributed by atoms with Gasteiger partial charge in [0, 0.05) is 22.9 Å². The summed E-state index contributed by atoms with van der Waals surface area (Å²) >= 11 is 13.1. The number of rotatable bonds is 4. The number of amides is 2. The van der Waals surface area contributed by atoms with E-state index in [2.05, 4.69) is 0 Å². The molecular formula is C27H22Cl2N4O2S. The molecule has 182 valence electrons. The molecule has 2 amide bonds. The van der Waals surface area contributed by atoms with Crippen LogP contribution >= 0.6 is 35.0 Å². The maximum Gasteiger partial charge on any atom is 0.247 e. The second kappa shape index (κ2) is 10.1. The maximum atomic E-state index is 13.1. The minimum Gasteiger partial charge on any atom is -0.277 e. The second-order valence-corrected chi connectivity index (χ2v) is 10.8. The fourth-order valence-corrected chi connectivity index (χ4v) is 5.54. The maximum absolute atomic E-state index is 13.1. The van der Waals surface area contributed by atoms with Gasteiger partial charge in [-0.3, -0.25) is 15.0 Å². The van der Waals surface area contributed by atoms with Gasteiger partial charge in [0.2, 0.25) is 11.8 Å². The highest BCUT2D eigenvalue weighted by atomic mass is 35.5. The van der Waals surface area contributed by atoms with Crippen molar-refractivity contribution in [2.24, 2.45) is 5.10 Å². The zero-order chi connectivity index (χ0) is 25.4. The summed E-state index contributed by atoms with van der Waals surface area (Å²) in [5.74, 6) is -0.644. The van der Waals surface area contributed by atoms with Crippen molar-refractivity contribution < 1.29 is 9.59 Å². The van der Waals surface area contributed by atoms with Crippen LogP contribution in [-0.4, -0.2) is 33.0 Å². The van der Waals surface area contributed by atoms with Crippen LogP contribution < -0.4 is 4.90 Å². The largest absolute Gasteiger partial charge is 0.277 e. The predicted octanol–water partition coefficient (Wildman–Crippen LogP) is 6.45. The molecule has 1 saturated heterocycles. The molecule has 2 aliphatic heterocycles. The molecule has 0 aliphatic carbocycles. The van der Waals surface area contributed by atoms with Crippen molar-refractivity contribution in [1.82, 2.24) is 5.01 Å². The third-order valence-corrected chi connectivity index (χ3v) is 7.77. The predicted molar refractivity (Wildman–Crippen MR) is 146 cm³/mol. The van der Waals surface area contributed by atoms with Crippen LogP contribution in [0.5, 0.6) is 0 Å². The number of hydrogen-bond acceptors (Lipinski definition) is 5. The van der Waals surface area contributed by atoms with E-state index in [1.165, 1.54) is 4.90 Å². The van der Waals surface area contributed by atoms with Gasteiger partial charge in [0.25, 0.3) is 0 Å². The van der Waals surface area contributed by atoms with Crippen molar-refractivity contribution in [3.63, 3.8) is 0 Å². The summed E-state index contributed by atoms with van der Waals surface area (Å²) in [4.78, 5) is 27.0. The lowest BCUT2D eigenvalue weighted by atomic mass is 9.98. The van der Waals surface area contributed by atoms with Gasteiger partial charge in [-0.2, -0.15) is 5.10 Å². The molecule has 36 heavy (non-hydrogen) atoms. The van der Waals surface area contributed by atoms with Crippen LogP contribution in [-0.2, 0) is 9.59 Å². The SMILES string of the molecule is Cc1ccc(C2=NN(C(=N)S[C@@H]3CC(=O)N(c4ccc(Cl)cc4)C3=O)[C@H](c3ccc(Cl)cc3)C2)cc1. The highest BCUT2D eigenvalue weighted by Crippen LogP contribution is 2.38. The van der Waals surface area contributed by atoms with Gasteiger partial charge in [-0.05, 0) is 54.4 Å². The van der Waals surface area contributed by atoms with E-state index >= 15 is 0 Å². The molecule has 0 radical (unpaired) electrons. The van der Waals surface area contributed by atoms with Crippen LogP contribution in [0.1, 0.15) is 35.6 Å². The number of aryl methyl sites for hydroxylation is 1. The molecule has 0 aromatic heterocycles. The fourth-order valence-electron chi connectivity index (χ4n) is 4.31.